The molecule has 0 spiro atoms. The Balaban J connectivity index is 1.68. The first-order valence-corrected chi connectivity index (χ1v) is 10.4. The predicted molar refractivity (Wildman–Crippen MR) is 97.8 cm³/mol. The van der Waals surface area contributed by atoms with E-state index in [1.165, 1.54) is 12.1 Å². The lowest BCUT2D eigenvalue weighted by atomic mass is 10.2. The highest BCUT2D eigenvalue weighted by Crippen LogP contribution is 2.32. The molecule has 0 unspecified atom stereocenters. The van der Waals surface area contributed by atoms with Crippen LogP contribution in [0.1, 0.15) is 32.1 Å². The van der Waals surface area contributed by atoms with E-state index in [2.05, 4.69) is 10.0 Å². The first-order chi connectivity index (χ1) is 12.5. The number of fused-ring (bicyclic) bond motifs is 1. The van der Waals surface area contributed by atoms with Crippen molar-refractivity contribution in [1.82, 2.24) is 10.0 Å². The van der Waals surface area contributed by atoms with E-state index in [0.29, 0.717) is 57.2 Å². The Morgan fingerprint density at radius 1 is 1.04 bits per heavy atom. The summed E-state index contributed by atoms with van der Waals surface area (Å²) in [6.45, 7) is 2.35. The minimum Gasteiger partial charge on any atom is -0.486 e. The molecule has 1 aromatic carbocycles. The van der Waals surface area contributed by atoms with Gasteiger partial charge >= 0.3 is 0 Å². The summed E-state index contributed by atoms with van der Waals surface area (Å²) < 4.78 is 38.0. The number of carbonyl (C=O) groups excluding carboxylic acids is 1. The summed E-state index contributed by atoms with van der Waals surface area (Å²) in [4.78, 5) is 11.7. The van der Waals surface area contributed by atoms with Gasteiger partial charge < -0.3 is 20.5 Å². The van der Waals surface area contributed by atoms with Crippen LogP contribution in [0.25, 0.3) is 0 Å². The highest BCUT2D eigenvalue weighted by Gasteiger charge is 2.18. The number of benzene rings is 1. The van der Waals surface area contributed by atoms with Crippen molar-refractivity contribution in [3.05, 3.63) is 18.2 Å². The number of hydrogen-bond donors (Lipinski definition) is 3. The predicted octanol–water partition coefficient (Wildman–Crippen LogP) is 0.762. The molecule has 0 saturated carbocycles. The molecule has 26 heavy (non-hydrogen) atoms. The van der Waals surface area contributed by atoms with Gasteiger partial charge in [-0.25, -0.2) is 13.1 Å². The van der Waals surface area contributed by atoms with Gasteiger partial charge in [0.15, 0.2) is 11.5 Å². The summed E-state index contributed by atoms with van der Waals surface area (Å²) >= 11 is 0. The van der Waals surface area contributed by atoms with Crippen molar-refractivity contribution < 1.29 is 22.7 Å². The molecule has 1 aromatic rings. The molecule has 1 aliphatic rings. The first kappa shape index (κ1) is 20.5. The standard InChI is InChI=1S/C17H27N3O5S/c18-8-4-9-19-17(21)5-2-1-3-10-20-26(22,23)14-6-7-15-16(13-14)25-12-11-24-15/h6-7,13,20H,1-5,8-12,18H2,(H,19,21). The highest BCUT2D eigenvalue weighted by atomic mass is 32.2. The van der Waals surface area contributed by atoms with E-state index < -0.39 is 10.0 Å². The lowest BCUT2D eigenvalue weighted by molar-refractivity contribution is -0.121. The number of nitrogens with one attached hydrogen (secondary N) is 2. The fourth-order valence-corrected chi connectivity index (χ4v) is 3.58. The number of amides is 1. The zero-order chi connectivity index (χ0) is 18.8. The van der Waals surface area contributed by atoms with Gasteiger partial charge in [-0.2, -0.15) is 0 Å². The SMILES string of the molecule is NCCCNC(=O)CCCCCNS(=O)(=O)c1ccc2c(c1)OCCO2. The van der Waals surface area contributed by atoms with Crippen LogP contribution in [-0.2, 0) is 14.8 Å². The molecule has 0 fully saturated rings. The van der Waals surface area contributed by atoms with Crippen LogP contribution in [0.2, 0.25) is 0 Å². The maximum Gasteiger partial charge on any atom is 0.240 e. The van der Waals surface area contributed by atoms with Gasteiger partial charge in [0.25, 0.3) is 0 Å². The van der Waals surface area contributed by atoms with E-state index in [0.717, 1.165) is 19.3 Å². The molecule has 0 aliphatic carbocycles. The van der Waals surface area contributed by atoms with Crippen molar-refractivity contribution in [3.63, 3.8) is 0 Å². The Morgan fingerprint density at radius 2 is 1.81 bits per heavy atom. The molecule has 8 nitrogen and oxygen atoms in total. The van der Waals surface area contributed by atoms with Crippen LogP contribution in [-0.4, -0.2) is 47.2 Å². The smallest absolute Gasteiger partial charge is 0.240 e. The van der Waals surface area contributed by atoms with Crippen molar-refractivity contribution in [2.45, 2.75) is 37.0 Å². The Morgan fingerprint density at radius 3 is 2.58 bits per heavy atom. The van der Waals surface area contributed by atoms with Crippen molar-refractivity contribution in [3.8, 4) is 11.5 Å². The molecule has 146 valence electrons. The molecule has 4 N–H and O–H groups in total. The van der Waals surface area contributed by atoms with Crippen LogP contribution in [0, 0.1) is 0 Å². The topological polar surface area (TPSA) is 120 Å². The molecule has 1 heterocycles. The maximum absolute atomic E-state index is 12.3. The maximum atomic E-state index is 12.3. The van der Waals surface area contributed by atoms with Gasteiger partial charge in [-0.15, -0.1) is 0 Å². The van der Waals surface area contributed by atoms with Crippen LogP contribution < -0.4 is 25.2 Å². The van der Waals surface area contributed by atoms with Crippen LogP contribution in [0.5, 0.6) is 11.5 Å². The van der Waals surface area contributed by atoms with Crippen molar-refractivity contribution in [1.29, 1.82) is 0 Å². The molecular weight excluding hydrogens is 358 g/mol. The number of unbranched alkanes of at least 4 members (excludes halogenated alkanes) is 2. The van der Waals surface area contributed by atoms with E-state index in [-0.39, 0.29) is 10.8 Å². The number of rotatable bonds is 11. The minimum atomic E-state index is -3.59. The molecule has 2 rings (SSSR count). The molecule has 0 radical (unpaired) electrons. The van der Waals surface area contributed by atoms with Crippen LogP contribution >= 0.6 is 0 Å². The summed E-state index contributed by atoms with van der Waals surface area (Å²) in [6.07, 6.45) is 3.38. The van der Waals surface area contributed by atoms with Gasteiger partial charge in [-0.1, -0.05) is 6.42 Å². The summed E-state index contributed by atoms with van der Waals surface area (Å²) in [5.41, 5.74) is 5.36. The Kier molecular flexibility index (Phi) is 8.14. The lowest BCUT2D eigenvalue weighted by Gasteiger charge is -2.18. The van der Waals surface area contributed by atoms with Crippen molar-refractivity contribution >= 4 is 15.9 Å². The second-order valence-electron chi connectivity index (χ2n) is 6.01. The summed E-state index contributed by atoms with van der Waals surface area (Å²) in [7, 11) is -3.59. The van der Waals surface area contributed by atoms with E-state index in [1.807, 2.05) is 0 Å². The van der Waals surface area contributed by atoms with E-state index in [9.17, 15) is 13.2 Å². The van der Waals surface area contributed by atoms with Gasteiger partial charge in [-0.05, 0) is 37.9 Å². The second kappa shape index (κ2) is 10.3. The molecule has 0 aromatic heterocycles. The normalized spacial score (nSPS) is 13.4. The average Bonchev–Trinajstić information content (AvgIpc) is 2.64. The van der Waals surface area contributed by atoms with Crippen LogP contribution in [0.3, 0.4) is 0 Å². The molecule has 1 aliphatic heterocycles. The largest absolute Gasteiger partial charge is 0.486 e. The Hall–Kier alpha value is -1.84. The number of ether oxygens (including phenoxy) is 2. The summed E-state index contributed by atoms with van der Waals surface area (Å²) in [5, 5.41) is 2.79. The number of hydrogen-bond acceptors (Lipinski definition) is 6. The Labute approximate surface area is 154 Å². The monoisotopic (exact) mass is 385 g/mol. The van der Waals surface area contributed by atoms with Crippen molar-refractivity contribution in [2.75, 3.05) is 32.8 Å². The van der Waals surface area contributed by atoms with Gasteiger partial charge in [-0.3, -0.25) is 4.79 Å². The number of carbonyl (C=O) groups is 1. The minimum absolute atomic E-state index is 0.00955. The van der Waals surface area contributed by atoms with E-state index in [1.54, 1.807) is 6.07 Å². The summed E-state index contributed by atoms with van der Waals surface area (Å²) in [6, 6.07) is 4.58. The lowest BCUT2D eigenvalue weighted by Crippen LogP contribution is -2.26. The number of sulfonamides is 1. The average molecular weight is 385 g/mol. The zero-order valence-electron chi connectivity index (χ0n) is 14.8. The van der Waals surface area contributed by atoms with Gasteiger partial charge in [0.1, 0.15) is 13.2 Å². The second-order valence-corrected chi connectivity index (χ2v) is 7.77. The molecule has 0 saturated heterocycles. The number of nitrogens with two attached hydrogens (primary N) is 1. The fourth-order valence-electron chi connectivity index (χ4n) is 2.49. The van der Waals surface area contributed by atoms with Gasteiger partial charge in [0.2, 0.25) is 15.9 Å². The van der Waals surface area contributed by atoms with E-state index in [4.69, 9.17) is 15.2 Å². The van der Waals surface area contributed by atoms with Gasteiger partial charge in [0.05, 0.1) is 4.90 Å². The molecule has 0 bridgehead atoms. The summed E-state index contributed by atoms with van der Waals surface area (Å²) in [5.74, 6) is 1.01. The van der Waals surface area contributed by atoms with Gasteiger partial charge in [0, 0.05) is 25.6 Å². The Bertz CT molecular complexity index is 694. The molecule has 9 heteroatoms. The third-order valence-electron chi connectivity index (χ3n) is 3.90. The zero-order valence-corrected chi connectivity index (χ0v) is 15.6. The quantitative estimate of drug-likeness (QED) is 0.484. The third-order valence-corrected chi connectivity index (χ3v) is 5.36. The fraction of sp³-hybridized carbons (Fsp3) is 0.588. The van der Waals surface area contributed by atoms with Crippen molar-refractivity contribution in [2.24, 2.45) is 5.73 Å². The van der Waals surface area contributed by atoms with Crippen LogP contribution in [0.4, 0.5) is 0 Å². The highest BCUT2D eigenvalue weighted by molar-refractivity contribution is 7.89. The van der Waals surface area contributed by atoms with Crippen LogP contribution in [0.15, 0.2) is 23.1 Å². The van der Waals surface area contributed by atoms with E-state index >= 15 is 0 Å². The molecule has 0 atom stereocenters. The molecule has 1 amide bonds. The third kappa shape index (κ3) is 6.47. The molecular formula is C17H27N3O5S. The first-order valence-electron chi connectivity index (χ1n) is 8.89.